The van der Waals surface area contributed by atoms with Gasteiger partial charge in [-0.3, -0.25) is 14.8 Å². The summed E-state index contributed by atoms with van der Waals surface area (Å²) in [5, 5.41) is 14.9. The molecule has 0 aromatic heterocycles. The maximum atomic E-state index is 9.92. The molecule has 0 aromatic rings. The Morgan fingerprint density at radius 2 is 2.00 bits per heavy atom. The molecule has 8 nitrogen and oxygen atoms in total. The number of carbonyl (C=O) groups is 1. The number of carboxylic acid groups (broad SMARTS) is 1. The van der Waals surface area contributed by atoms with E-state index < -0.39 is 13.6 Å². The zero-order valence-electron chi connectivity index (χ0n) is 8.12. The minimum atomic E-state index is -3.88. The first kappa shape index (κ1) is 16.1. The highest BCUT2D eigenvalue weighted by atomic mass is 31.2. The Bertz CT molecular complexity index is 286. The predicted octanol–water partition coefficient (Wildman–Crippen LogP) is -0.796. The summed E-state index contributed by atoms with van der Waals surface area (Å²) in [5.41, 5.74) is 4.93. The minimum Gasteiger partial charge on any atom is -0.480 e. The van der Waals surface area contributed by atoms with Crippen LogP contribution in [0.2, 0.25) is 0 Å². The van der Waals surface area contributed by atoms with Gasteiger partial charge in [0.1, 0.15) is 6.54 Å². The van der Waals surface area contributed by atoms with E-state index in [2.05, 4.69) is 6.58 Å². The number of likely N-dealkylation sites (N-methyl/N-ethyl adjacent to an activating group) is 1. The predicted molar refractivity (Wildman–Crippen MR) is 54.4 cm³/mol. The quantitative estimate of drug-likeness (QED) is 0.246. The number of rotatable bonds is 3. The molecule has 0 radical (unpaired) electrons. The van der Waals surface area contributed by atoms with Crippen LogP contribution in [-0.4, -0.2) is 45.3 Å². The minimum absolute atomic E-state index is 0.227. The number of hydrogen-bond acceptors (Lipinski definition) is 3. The highest BCUT2D eigenvalue weighted by Gasteiger charge is 2.03. The van der Waals surface area contributed by atoms with Gasteiger partial charge in [0, 0.05) is 12.9 Å². The summed E-state index contributed by atoms with van der Waals surface area (Å²) in [6, 6.07) is 0. The summed E-state index contributed by atoms with van der Waals surface area (Å²) in [6.07, 6.45) is 0. The van der Waals surface area contributed by atoms with Gasteiger partial charge in [-0.15, -0.1) is 0 Å². The van der Waals surface area contributed by atoms with E-state index in [4.69, 9.17) is 26.0 Å². The second kappa shape index (κ2) is 6.99. The van der Waals surface area contributed by atoms with Gasteiger partial charge >= 0.3 is 13.6 Å². The van der Waals surface area contributed by atoms with Gasteiger partial charge in [-0.25, -0.2) is 0 Å². The molecule has 15 heavy (non-hydrogen) atoms. The van der Waals surface area contributed by atoms with Crippen molar-refractivity contribution in [3.05, 3.63) is 12.4 Å². The van der Waals surface area contributed by atoms with Crippen LogP contribution in [0.3, 0.4) is 0 Å². The smallest absolute Gasteiger partial charge is 0.348 e. The van der Waals surface area contributed by atoms with Gasteiger partial charge in [0.2, 0.25) is 0 Å². The lowest BCUT2D eigenvalue weighted by Crippen LogP contribution is -2.36. The van der Waals surface area contributed by atoms with E-state index >= 15 is 0 Å². The van der Waals surface area contributed by atoms with Crippen LogP contribution in [0.25, 0.3) is 0 Å². The lowest BCUT2D eigenvalue weighted by Gasteiger charge is -2.12. The summed E-state index contributed by atoms with van der Waals surface area (Å²) < 4.78 is 9.58. The Morgan fingerprint density at radius 3 is 2.07 bits per heavy atom. The number of guanidine groups is 1. The molecule has 0 aromatic carbocycles. The second-order valence-corrected chi connectivity index (χ2v) is 3.95. The zero-order valence-corrected chi connectivity index (χ0v) is 9.02. The topological polar surface area (TPSA) is 148 Å². The van der Waals surface area contributed by atoms with Gasteiger partial charge in [-0.05, 0) is 0 Å². The second-order valence-electron chi connectivity index (χ2n) is 2.41. The van der Waals surface area contributed by atoms with Gasteiger partial charge < -0.3 is 25.5 Å². The van der Waals surface area contributed by atoms with E-state index in [0.717, 1.165) is 4.90 Å². The van der Waals surface area contributed by atoms with E-state index in [1.54, 1.807) is 0 Å². The average Bonchev–Trinajstić information content (AvgIpc) is 2.02. The van der Waals surface area contributed by atoms with Crippen LogP contribution in [-0.2, 0) is 9.36 Å². The molecule has 0 amide bonds. The first-order chi connectivity index (χ1) is 6.60. The summed E-state index contributed by atoms with van der Waals surface area (Å²) in [6.45, 7) is 2.64. The van der Waals surface area contributed by atoms with Crippen LogP contribution >= 0.6 is 7.60 Å². The van der Waals surface area contributed by atoms with Gasteiger partial charge in [0.15, 0.2) is 5.96 Å². The highest BCUT2D eigenvalue weighted by molar-refractivity contribution is 7.55. The van der Waals surface area contributed by atoms with Gasteiger partial charge in [0.05, 0.1) is 0 Å². The first-order valence-corrected chi connectivity index (χ1v) is 5.24. The van der Waals surface area contributed by atoms with Crippen LogP contribution in [0.15, 0.2) is 12.4 Å². The van der Waals surface area contributed by atoms with Crippen molar-refractivity contribution in [3.8, 4) is 0 Å². The van der Waals surface area contributed by atoms with Crippen molar-refractivity contribution >= 4 is 19.5 Å². The molecule has 0 unspecified atom stereocenters. The third kappa shape index (κ3) is 15.4. The molecule has 88 valence electrons. The van der Waals surface area contributed by atoms with Crippen LogP contribution in [0.5, 0.6) is 0 Å². The first-order valence-electron chi connectivity index (χ1n) is 3.56. The number of nitrogens with one attached hydrogen (secondary N) is 1. The lowest BCUT2D eigenvalue weighted by atomic mass is 10.6. The van der Waals surface area contributed by atoms with Gasteiger partial charge in [0.25, 0.3) is 0 Å². The Kier molecular flexibility index (Phi) is 7.49. The van der Waals surface area contributed by atoms with E-state index in [0.29, 0.717) is 5.82 Å². The molecule has 6 N–H and O–H groups in total. The van der Waals surface area contributed by atoms with Crippen molar-refractivity contribution in [2.75, 3.05) is 13.6 Å². The number of aliphatic carboxylic acids is 1. The largest absolute Gasteiger partial charge is 0.480 e. The van der Waals surface area contributed by atoms with Crippen LogP contribution in [0, 0.1) is 5.41 Å². The van der Waals surface area contributed by atoms with Crippen molar-refractivity contribution in [3.63, 3.8) is 0 Å². The molecular formula is C6H14N3O5P. The summed E-state index contributed by atoms with van der Waals surface area (Å²) in [5.74, 6) is -0.627. The van der Waals surface area contributed by atoms with E-state index in [1.165, 1.54) is 7.05 Å². The normalized spacial score (nSPS) is 9.53. The molecule has 0 fully saturated rings. The molecule has 0 rings (SSSR count). The Balaban J connectivity index is 0. The molecule has 0 spiro atoms. The standard InChI is InChI=1S/C4H9N3O2.C2H5O3P/c1-7(4(5)6)2-3(8)9;1-2-6(3,4)5/h2H2,1H3,(H3,5,6)(H,8,9);2H,1H2,(H2,3,4,5). The molecule has 0 aliphatic carbocycles. The molecule has 0 atom stereocenters. The van der Waals surface area contributed by atoms with Crippen molar-refractivity contribution in [1.29, 1.82) is 5.41 Å². The fraction of sp³-hybridized carbons (Fsp3) is 0.333. The maximum Gasteiger partial charge on any atom is 0.348 e. The van der Waals surface area contributed by atoms with Crippen LogP contribution in [0.4, 0.5) is 0 Å². The molecule has 9 heteroatoms. The van der Waals surface area contributed by atoms with Gasteiger partial charge in [-0.1, -0.05) is 6.58 Å². The van der Waals surface area contributed by atoms with Crippen molar-refractivity contribution in [2.45, 2.75) is 0 Å². The fourth-order valence-electron chi connectivity index (χ4n) is 0.288. The molecule has 0 aliphatic rings. The highest BCUT2D eigenvalue weighted by Crippen LogP contribution is 2.34. The number of carboxylic acids is 1. The van der Waals surface area contributed by atoms with Crippen molar-refractivity contribution in [2.24, 2.45) is 5.73 Å². The SMILES string of the molecule is C=CP(=O)(O)O.CN(CC(=O)O)C(=N)N. The molecule has 0 aliphatic heterocycles. The molecular weight excluding hydrogens is 225 g/mol. The third-order valence-electron chi connectivity index (χ3n) is 1.02. The molecule has 0 heterocycles. The fourth-order valence-corrected chi connectivity index (χ4v) is 0.288. The summed E-state index contributed by atoms with van der Waals surface area (Å²) in [7, 11) is -2.44. The molecule has 0 saturated carbocycles. The maximum absolute atomic E-state index is 9.92. The van der Waals surface area contributed by atoms with E-state index in [1.807, 2.05) is 0 Å². The lowest BCUT2D eigenvalue weighted by molar-refractivity contribution is -0.137. The Morgan fingerprint density at radius 1 is 1.67 bits per heavy atom. The van der Waals surface area contributed by atoms with Crippen LogP contribution in [0.1, 0.15) is 0 Å². The van der Waals surface area contributed by atoms with Crippen LogP contribution < -0.4 is 5.73 Å². The Hall–Kier alpha value is -1.37. The monoisotopic (exact) mass is 239 g/mol. The van der Waals surface area contributed by atoms with Crippen molar-refractivity contribution in [1.82, 2.24) is 4.90 Å². The number of hydrogen-bond donors (Lipinski definition) is 5. The van der Waals surface area contributed by atoms with E-state index in [9.17, 15) is 9.36 Å². The Labute approximate surface area is 86.7 Å². The third-order valence-corrected chi connectivity index (χ3v) is 1.50. The summed E-state index contributed by atoms with van der Waals surface area (Å²) in [4.78, 5) is 26.7. The molecule has 0 saturated heterocycles. The molecule has 0 bridgehead atoms. The van der Waals surface area contributed by atoms with Gasteiger partial charge in [-0.2, -0.15) is 0 Å². The zero-order chi connectivity index (χ0) is 12.6. The summed E-state index contributed by atoms with van der Waals surface area (Å²) >= 11 is 0. The van der Waals surface area contributed by atoms with Crippen molar-refractivity contribution < 1.29 is 24.3 Å². The van der Waals surface area contributed by atoms with E-state index in [-0.39, 0.29) is 12.5 Å². The number of nitrogens with two attached hydrogens (primary N) is 1. The number of nitrogens with zero attached hydrogens (tertiary/aromatic N) is 1. The average molecular weight is 239 g/mol.